The van der Waals surface area contributed by atoms with Crippen LogP contribution in [0, 0.1) is 0 Å². The first-order valence-corrected chi connectivity index (χ1v) is 8.48. The lowest BCUT2D eigenvalue weighted by Gasteiger charge is -2.23. The van der Waals surface area contributed by atoms with Gasteiger partial charge in [-0.25, -0.2) is 4.79 Å². The maximum atomic E-state index is 12.2. The van der Waals surface area contributed by atoms with Crippen molar-refractivity contribution in [2.75, 3.05) is 13.7 Å². The lowest BCUT2D eigenvalue weighted by molar-refractivity contribution is 0.132. The number of hydrogen-bond acceptors (Lipinski definition) is 5. The molecule has 2 rings (SSSR count). The fourth-order valence-electron chi connectivity index (χ4n) is 2.41. The molecule has 5 nitrogen and oxygen atoms in total. The van der Waals surface area contributed by atoms with E-state index in [4.69, 9.17) is 18.6 Å². The number of benzene rings is 1. The van der Waals surface area contributed by atoms with Crippen molar-refractivity contribution in [1.29, 1.82) is 0 Å². The summed E-state index contributed by atoms with van der Waals surface area (Å²) in [6.45, 7) is 8.37. The van der Waals surface area contributed by atoms with Gasteiger partial charge in [0.2, 0.25) is 5.75 Å². The SMILES string of the molecule is CC/C=C/CCOc1c(OC)c(=O)oc2cccc(OC(C)(C)C)c12. The molecule has 1 aromatic heterocycles. The Kier molecular flexibility index (Phi) is 6.12. The molecule has 136 valence electrons. The summed E-state index contributed by atoms with van der Waals surface area (Å²) in [5.41, 5.74) is -0.563. The largest absolute Gasteiger partial charge is 0.488 e. The zero-order chi connectivity index (χ0) is 18.4. The fraction of sp³-hybridized carbons (Fsp3) is 0.450. The summed E-state index contributed by atoms with van der Waals surface area (Å²) in [5.74, 6) is 1.00. The van der Waals surface area contributed by atoms with E-state index in [2.05, 4.69) is 13.0 Å². The van der Waals surface area contributed by atoms with Crippen LogP contribution in [0.1, 0.15) is 40.5 Å². The molecule has 1 aromatic carbocycles. The van der Waals surface area contributed by atoms with E-state index in [1.54, 1.807) is 12.1 Å². The summed E-state index contributed by atoms with van der Waals surface area (Å²) in [5, 5.41) is 0.605. The van der Waals surface area contributed by atoms with Crippen LogP contribution < -0.4 is 19.8 Å². The maximum absolute atomic E-state index is 12.2. The topological polar surface area (TPSA) is 57.9 Å². The van der Waals surface area contributed by atoms with Crippen molar-refractivity contribution in [1.82, 2.24) is 0 Å². The molecular weight excluding hydrogens is 320 g/mol. The summed E-state index contributed by atoms with van der Waals surface area (Å²) in [4.78, 5) is 12.2. The van der Waals surface area contributed by atoms with Crippen LogP contribution in [0.25, 0.3) is 11.0 Å². The number of rotatable bonds is 7. The van der Waals surface area contributed by atoms with E-state index >= 15 is 0 Å². The molecule has 5 heteroatoms. The standard InChI is InChI=1S/C20H26O5/c1-6-7-8-9-13-23-17-16-14(24-19(21)18(17)22-5)11-10-12-15(16)25-20(2,3)4/h7-8,10-12H,6,9,13H2,1-5H3/b8-7+. The third kappa shape index (κ3) is 4.78. The van der Waals surface area contributed by atoms with Gasteiger partial charge < -0.3 is 18.6 Å². The predicted molar refractivity (Wildman–Crippen MR) is 99.0 cm³/mol. The third-order valence-electron chi connectivity index (χ3n) is 3.36. The van der Waals surface area contributed by atoms with E-state index in [0.717, 1.165) is 12.8 Å². The molecule has 0 bridgehead atoms. The maximum Gasteiger partial charge on any atom is 0.383 e. The number of ether oxygens (including phenoxy) is 3. The molecule has 0 saturated carbocycles. The van der Waals surface area contributed by atoms with Crippen LogP contribution in [0.4, 0.5) is 0 Å². The minimum absolute atomic E-state index is 0.0527. The Morgan fingerprint density at radius 1 is 1.16 bits per heavy atom. The molecule has 25 heavy (non-hydrogen) atoms. The monoisotopic (exact) mass is 346 g/mol. The van der Waals surface area contributed by atoms with Gasteiger partial charge in [-0.05, 0) is 45.7 Å². The van der Waals surface area contributed by atoms with E-state index in [-0.39, 0.29) is 5.75 Å². The van der Waals surface area contributed by atoms with Gasteiger partial charge in [-0.2, -0.15) is 0 Å². The summed E-state index contributed by atoms with van der Waals surface area (Å²) >= 11 is 0. The van der Waals surface area contributed by atoms with Crippen LogP contribution in [0.2, 0.25) is 0 Å². The second-order valence-electron chi connectivity index (χ2n) is 6.61. The quantitative estimate of drug-likeness (QED) is 0.413. The molecule has 0 fully saturated rings. The predicted octanol–water partition coefficient (Wildman–Crippen LogP) is 4.71. The van der Waals surface area contributed by atoms with Crippen LogP contribution >= 0.6 is 0 Å². The second kappa shape index (κ2) is 8.10. The zero-order valence-electron chi connectivity index (χ0n) is 15.5. The minimum atomic E-state index is -0.568. The van der Waals surface area contributed by atoms with E-state index in [9.17, 15) is 4.79 Å². The van der Waals surface area contributed by atoms with Crippen molar-refractivity contribution in [2.24, 2.45) is 0 Å². The molecule has 0 aliphatic heterocycles. The summed E-state index contributed by atoms with van der Waals surface area (Å²) in [6.07, 6.45) is 5.84. The Morgan fingerprint density at radius 3 is 2.56 bits per heavy atom. The highest BCUT2D eigenvalue weighted by Gasteiger charge is 2.22. The highest BCUT2D eigenvalue weighted by molar-refractivity contribution is 5.91. The van der Waals surface area contributed by atoms with E-state index in [1.807, 2.05) is 32.9 Å². The van der Waals surface area contributed by atoms with Gasteiger partial charge in [-0.3, -0.25) is 0 Å². The van der Waals surface area contributed by atoms with Crippen molar-refractivity contribution < 1.29 is 18.6 Å². The van der Waals surface area contributed by atoms with Gasteiger partial charge in [-0.15, -0.1) is 0 Å². The van der Waals surface area contributed by atoms with E-state index in [1.165, 1.54) is 7.11 Å². The van der Waals surface area contributed by atoms with Crippen molar-refractivity contribution in [2.45, 2.75) is 46.1 Å². The van der Waals surface area contributed by atoms with E-state index in [0.29, 0.717) is 29.1 Å². The molecule has 2 aromatic rings. The Bertz CT molecular complexity index is 796. The molecule has 1 heterocycles. The van der Waals surface area contributed by atoms with Crippen LogP contribution in [0.5, 0.6) is 17.2 Å². The average molecular weight is 346 g/mol. The van der Waals surface area contributed by atoms with Crippen LogP contribution in [0.3, 0.4) is 0 Å². The zero-order valence-corrected chi connectivity index (χ0v) is 15.5. The van der Waals surface area contributed by atoms with Gasteiger partial charge in [0, 0.05) is 0 Å². The Balaban J connectivity index is 2.53. The van der Waals surface area contributed by atoms with Crippen LogP contribution in [0.15, 0.2) is 39.6 Å². The lowest BCUT2D eigenvalue weighted by Crippen LogP contribution is -2.23. The first-order valence-electron chi connectivity index (χ1n) is 8.48. The first kappa shape index (κ1) is 18.9. The Morgan fingerprint density at radius 2 is 1.92 bits per heavy atom. The van der Waals surface area contributed by atoms with Gasteiger partial charge >= 0.3 is 5.63 Å². The normalized spacial score (nSPS) is 11.9. The van der Waals surface area contributed by atoms with Crippen molar-refractivity contribution in [3.05, 3.63) is 40.8 Å². The molecule has 0 atom stereocenters. The smallest absolute Gasteiger partial charge is 0.383 e. The van der Waals surface area contributed by atoms with Crippen LogP contribution in [-0.4, -0.2) is 19.3 Å². The molecule has 0 aliphatic carbocycles. The molecule has 0 spiro atoms. The van der Waals surface area contributed by atoms with Gasteiger partial charge in [0.25, 0.3) is 0 Å². The van der Waals surface area contributed by atoms with Crippen molar-refractivity contribution in [3.8, 4) is 17.2 Å². The Hall–Kier alpha value is -2.43. The summed E-state index contributed by atoms with van der Waals surface area (Å²) in [6, 6.07) is 5.33. The van der Waals surface area contributed by atoms with Gasteiger partial charge in [0.1, 0.15) is 22.3 Å². The number of methoxy groups -OCH3 is 1. The molecule has 0 N–H and O–H groups in total. The summed E-state index contributed by atoms with van der Waals surface area (Å²) in [7, 11) is 1.43. The van der Waals surface area contributed by atoms with E-state index < -0.39 is 11.2 Å². The molecule has 0 amide bonds. The lowest BCUT2D eigenvalue weighted by atomic mass is 10.1. The van der Waals surface area contributed by atoms with Gasteiger partial charge in [0.15, 0.2) is 5.75 Å². The van der Waals surface area contributed by atoms with Gasteiger partial charge in [0.05, 0.1) is 13.7 Å². The second-order valence-corrected chi connectivity index (χ2v) is 6.61. The number of fused-ring (bicyclic) bond motifs is 1. The number of hydrogen-bond donors (Lipinski definition) is 0. The molecular formula is C20H26O5. The minimum Gasteiger partial charge on any atom is -0.488 e. The van der Waals surface area contributed by atoms with Crippen molar-refractivity contribution in [3.63, 3.8) is 0 Å². The fourth-order valence-corrected chi connectivity index (χ4v) is 2.41. The molecule has 0 saturated heterocycles. The first-order chi connectivity index (χ1) is 11.9. The molecule has 0 unspecified atom stereocenters. The highest BCUT2D eigenvalue weighted by atomic mass is 16.5. The Labute approximate surface area is 148 Å². The van der Waals surface area contributed by atoms with Gasteiger partial charge in [-0.1, -0.05) is 25.1 Å². The van der Waals surface area contributed by atoms with Crippen LogP contribution in [-0.2, 0) is 0 Å². The highest BCUT2D eigenvalue weighted by Crippen LogP contribution is 2.39. The average Bonchev–Trinajstić information content (AvgIpc) is 2.53. The number of allylic oxidation sites excluding steroid dienone is 1. The molecule has 0 aliphatic rings. The summed E-state index contributed by atoms with van der Waals surface area (Å²) < 4.78 is 22.5. The third-order valence-corrected chi connectivity index (χ3v) is 3.36. The molecule has 0 radical (unpaired) electrons. The van der Waals surface area contributed by atoms with Crippen molar-refractivity contribution >= 4 is 11.0 Å².